The van der Waals surface area contributed by atoms with Crippen molar-refractivity contribution in [1.82, 2.24) is 4.57 Å². The van der Waals surface area contributed by atoms with Crippen LogP contribution in [0.15, 0.2) is 47.3 Å². The van der Waals surface area contributed by atoms with Gasteiger partial charge in [-0.25, -0.2) is 4.79 Å². The van der Waals surface area contributed by atoms with Crippen molar-refractivity contribution in [3.63, 3.8) is 0 Å². The Balaban J connectivity index is 2.56. The molecule has 2 aromatic rings. The van der Waals surface area contributed by atoms with Gasteiger partial charge in [-0.1, -0.05) is 30.3 Å². The van der Waals surface area contributed by atoms with E-state index < -0.39 is 5.97 Å². The second kappa shape index (κ2) is 5.52. The molecule has 0 fully saturated rings. The highest BCUT2D eigenvalue weighted by Gasteiger charge is 2.14. The van der Waals surface area contributed by atoms with Crippen LogP contribution in [0.5, 0.6) is 0 Å². The van der Waals surface area contributed by atoms with E-state index >= 15 is 0 Å². The van der Waals surface area contributed by atoms with Crippen molar-refractivity contribution >= 4 is 5.97 Å². The van der Waals surface area contributed by atoms with Crippen LogP contribution >= 0.6 is 0 Å². The van der Waals surface area contributed by atoms with Crippen molar-refractivity contribution in [2.24, 2.45) is 0 Å². The lowest BCUT2D eigenvalue weighted by atomic mass is 10.0. The number of carboxylic acid groups (broad SMARTS) is 1. The van der Waals surface area contributed by atoms with Crippen LogP contribution in [0.3, 0.4) is 0 Å². The average Bonchev–Trinajstić information content (AvgIpc) is 2.40. The fourth-order valence-electron chi connectivity index (χ4n) is 2.14. The summed E-state index contributed by atoms with van der Waals surface area (Å²) in [6, 6.07) is 12.2. The van der Waals surface area contributed by atoms with Gasteiger partial charge in [-0.15, -0.1) is 0 Å². The van der Waals surface area contributed by atoms with E-state index in [1.54, 1.807) is 0 Å². The number of hydrogen-bond acceptors (Lipinski definition) is 2. The Hall–Kier alpha value is -2.36. The van der Waals surface area contributed by atoms with Gasteiger partial charge in [0.15, 0.2) is 0 Å². The molecule has 1 N–H and O–H groups in total. The minimum atomic E-state index is -1.01. The third kappa shape index (κ3) is 2.73. The van der Waals surface area contributed by atoms with Crippen LogP contribution in [0.4, 0.5) is 0 Å². The molecular weight excluding hydrogens is 242 g/mol. The van der Waals surface area contributed by atoms with Crippen LogP contribution in [0.25, 0.3) is 0 Å². The van der Waals surface area contributed by atoms with Crippen LogP contribution in [-0.4, -0.2) is 15.6 Å². The number of carboxylic acids is 1. The first kappa shape index (κ1) is 13.1. The van der Waals surface area contributed by atoms with Gasteiger partial charge >= 0.3 is 5.97 Å². The van der Waals surface area contributed by atoms with Gasteiger partial charge in [0.2, 0.25) is 0 Å². The minimum Gasteiger partial charge on any atom is -0.478 e. The number of rotatable bonds is 4. The van der Waals surface area contributed by atoms with Crippen molar-refractivity contribution in [1.29, 1.82) is 0 Å². The van der Waals surface area contributed by atoms with E-state index in [4.69, 9.17) is 0 Å². The van der Waals surface area contributed by atoms with E-state index in [2.05, 4.69) is 0 Å². The molecule has 4 nitrogen and oxygen atoms in total. The number of aromatic carboxylic acids is 1. The molecule has 0 aliphatic carbocycles. The highest BCUT2D eigenvalue weighted by molar-refractivity contribution is 5.89. The normalized spacial score (nSPS) is 10.4. The third-order valence-corrected chi connectivity index (χ3v) is 3.06. The van der Waals surface area contributed by atoms with Crippen LogP contribution < -0.4 is 5.56 Å². The van der Waals surface area contributed by atoms with Gasteiger partial charge < -0.3 is 9.67 Å². The first-order valence-corrected chi connectivity index (χ1v) is 6.13. The van der Waals surface area contributed by atoms with Crippen LogP contribution in [0, 0.1) is 0 Å². The van der Waals surface area contributed by atoms with Crippen molar-refractivity contribution in [3.8, 4) is 0 Å². The number of nitrogens with zero attached hydrogens (tertiary/aromatic N) is 1. The summed E-state index contributed by atoms with van der Waals surface area (Å²) in [7, 11) is 0. The van der Waals surface area contributed by atoms with E-state index in [1.807, 2.05) is 37.3 Å². The lowest BCUT2D eigenvalue weighted by molar-refractivity contribution is 0.0694. The number of pyridine rings is 1. The lowest BCUT2D eigenvalue weighted by Crippen LogP contribution is -2.25. The van der Waals surface area contributed by atoms with Gasteiger partial charge in [0.05, 0.1) is 5.56 Å². The maximum absolute atomic E-state index is 11.8. The Labute approximate surface area is 110 Å². The summed E-state index contributed by atoms with van der Waals surface area (Å²) < 4.78 is 1.51. The topological polar surface area (TPSA) is 59.3 Å². The zero-order valence-electron chi connectivity index (χ0n) is 10.7. The van der Waals surface area contributed by atoms with E-state index in [9.17, 15) is 14.7 Å². The molecule has 0 bridgehead atoms. The summed E-state index contributed by atoms with van der Waals surface area (Å²) in [5.74, 6) is -1.01. The van der Waals surface area contributed by atoms with Crippen molar-refractivity contribution in [2.45, 2.75) is 19.9 Å². The molecule has 1 aromatic heterocycles. The highest BCUT2D eigenvalue weighted by Crippen LogP contribution is 2.13. The SMILES string of the molecule is CCn1c(Cc2ccccc2)c(C(=O)O)ccc1=O. The monoisotopic (exact) mass is 257 g/mol. The van der Waals surface area contributed by atoms with Crippen molar-refractivity contribution < 1.29 is 9.90 Å². The summed E-state index contributed by atoms with van der Waals surface area (Å²) in [4.78, 5) is 23.1. The Bertz CT molecular complexity index is 644. The largest absolute Gasteiger partial charge is 0.478 e. The van der Waals surface area contributed by atoms with Gasteiger partial charge in [-0.2, -0.15) is 0 Å². The molecule has 0 unspecified atom stereocenters. The van der Waals surface area contributed by atoms with Gasteiger partial charge in [0, 0.05) is 24.7 Å². The molecule has 19 heavy (non-hydrogen) atoms. The van der Waals surface area contributed by atoms with E-state index in [0.29, 0.717) is 18.7 Å². The molecule has 0 amide bonds. The van der Waals surface area contributed by atoms with Gasteiger partial charge in [0.25, 0.3) is 5.56 Å². The number of hydrogen-bond donors (Lipinski definition) is 1. The summed E-state index contributed by atoms with van der Waals surface area (Å²) in [6.07, 6.45) is 0.437. The Kier molecular flexibility index (Phi) is 3.80. The Morgan fingerprint density at radius 1 is 1.16 bits per heavy atom. The molecule has 0 atom stereocenters. The zero-order chi connectivity index (χ0) is 13.8. The molecule has 0 radical (unpaired) electrons. The maximum Gasteiger partial charge on any atom is 0.337 e. The summed E-state index contributed by atoms with van der Waals surface area (Å²) >= 11 is 0. The molecular formula is C15H15NO3. The summed E-state index contributed by atoms with van der Waals surface area (Å²) in [6.45, 7) is 2.30. The zero-order valence-corrected chi connectivity index (χ0v) is 10.7. The number of carbonyl (C=O) groups is 1. The molecule has 4 heteroatoms. The molecule has 2 rings (SSSR count). The van der Waals surface area contributed by atoms with Crippen molar-refractivity contribution in [2.75, 3.05) is 0 Å². The van der Waals surface area contributed by atoms with E-state index in [-0.39, 0.29) is 11.1 Å². The predicted octanol–water partition coefficient (Wildman–Crippen LogP) is 2.16. The van der Waals surface area contributed by atoms with Gasteiger partial charge in [0.1, 0.15) is 0 Å². The molecule has 0 aliphatic heterocycles. The quantitative estimate of drug-likeness (QED) is 0.913. The summed E-state index contributed by atoms with van der Waals surface area (Å²) in [5, 5.41) is 9.24. The van der Waals surface area contributed by atoms with E-state index in [0.717, 1.165) is 5.56 Å². The first-order valence-electron chi connectivity index (χ1n) is 6.13. The second-order valence-electron chi connectivity index (χ2n) is 4.24. The van der Waals surface area contributed by atoms with Crippen LogP contribution in [0.2, 0.25) is 0 Å². The standard InChI is InChI=1S/C15H15NO3/c1-2-16-13(10-11-6-4-3-5-7-11)12(15(18)19)8-9-14(16)17/h3-9H,2,10H2,1H3,(H,18,19). The maximum atomic E-state index is 11.8. The Morgan fingerprint density at radius 2 is 1.84 bits per heavy atom. The molecule has 0 spiro atoms. The van der Waals surface area contributed by atoms with Crippen LogP contribution in [0.1, 0.15) is 28.5 Å². The number of aromatic nitrogens is 1. The average molecular weight is 257 g/mol. The molecule has 1 heterocycles. The minimum absolute atomic E-state index is 0.168. The molecule has 1 aromatic carbocycles. The summed E-state index contributed by atoms with van der Waals surface area (Å²) in [5.41, 5.74) is 1.55. The second-order valence-corrected chi connectivity index (χ2v) is 4.24. The van der Waals surface area contributed by atoms with E-state index in [1.165, 1.54) is 16.7 Å². The first-order chi connectivity index (χ1) is 9.13. The van der Waals surface area contributed by atoms with Crippen LogP contribution in [-0.2, 0) is 13.0 Å². The van der Waals surface area contributed by atoms with Crippen molar-refractivity contribution in [3.05, 3.63) is 69.6 Å². The molecule has 98 valence electrons. The van der Waals surface area contributed by atoms with Gasteiger partial charge in [-0.05, 0) is 18.6 Å². The fourth-order valence-corrected chi connectivity index (χ4v) is 2.14. The Morgan fingerprint density at radius 3 is 2.42 bits per heavy atom. The molecule has 0 saturated carbocycles. The fraction of sp³-hybridized carbons (Fsp3) is 0.200. The molecule has 0 aliphatic rings. The predicted molar refractivity (Wildman–Crippen MR) is 72.6 cm³/mol. The lowest BCUT2D eigenvalue weighted by Gasteiger charge is -2.13. The van der Waals surface area contributed by atoms with Gasteiger partial charge in [-0.3, -0.25) is 4.79 Å². The third-order valence-electron chi connectivity index (χ3n) is 3.06. The smallest absolute Gasteiger partial charge is 0.337 e. The number of benzene rings is 1. The molecule has 0 saturated heterocycles. The highest BCUT2D eigenvalue weighted by atomic mass is 16.4.